The molecule has 2 aromatic carbocycles. The van der Waals surface area contributed by atoms with Crippen LogP contribution in [0.15, 0.2) is 42.5 Å². The minimum absolute atomic E-state index is 0.167. The summed E-state index contributed by atoms with van der Waals surface area (Å²) in [5.74, 6) is -0.342. The maximum atomic E-state index is 14.3. The minimum atomic E-state index is -0.342. The zero-order valence-corrected chi connectivity index (χ0v) is 13.3. The molecule has 0 aromatic heterocycles. The highest BCUT2D eigenvalue weighted by atomic mass is 35.5. The summed E-state index contributed by atoms with van der Waals surface area (Å²) in [4.78, 5) is 0. The van der Waals surface area contributed by atoms with Crippen LogP contribution in [0.4, 0.5) is 4.39 Å². The van der Waals surface area contributed by atoms with Gasteiger partial charge in [0.2, 0.25) is 0 Å². The van der Waals surface area contributed by atoms with Crippen LogP contribution >= 0.6 is 11.6 Å². The van der Waals surface area contributed by atoms with Crippen molar-refractivity contribution in [1.29, 1.82) is 0 Å². The predicted octanol–water partition coefficient (Wildman–Crippen LogP) is 5.13. The molecular formula is C18H21ClFN. The number of rotatable bonds is 6. The van der Waals surface area contributed by atoms with E-state index in [0.717, 1.165) is 24.9 Å². The molecule has 2 rings (SSSR count). The highest BCUT2D eigenvalue weighted by molar-refractivity contribution is 6.30. The molecule has 0 aliphatic heterocycles. The second kappa shape index (κ2) is 7.58. The van der Waals surface area contributed by atoms with Gasteiger partial charge in [-0.25, -0.2) is 4.39 Å². The number of halogens is 2. The van der Waals surface area contributed by atoms with Gasteiger partial charge in [0.05, 0.1) is 11.1 Å². The van der Waals surface area contributed by atoms with Gasteiger partial charge in [0.25, 0.3) is 0 Å². The fraction of sp³-hybridized carbons (Fsp3) is 0.333. The first-order valence-corrected chi connectivity index (χ1v) is 7.81. The van der Waals surface area contributed by atoms with Gasteiger partial charge in [-0.2, -0.15) is 0 Å². The molecule has 0 radical (unpaired) electrons. The molecule has 1 N–H and O–H groups in total. The Morgan fingerprint density at radius 3 is 2.62 bits per heavy atom. The predicted molar refractivity (Wildman–Crippen MR) is 87.4 cm³/mol. The highest BCUT2D eigenvalue weighted by Crippen LogP contribution is 2.28. The third-order valence-corrected chi connectivity index (χ3v) is 3.82. The van der Waals surface area contributed by atoms with Crippen molar-refractivity contribution in [2.24, 2.45) is 0 Å². The molecule has 0 aliphatic carbocycles. The van der Waals surface area contributed by atoms with E-state index < -0.39 is 0 Å². The van der Waals surface area contributed by atoms with Crippen LogP contribution in [0.25, 0.3) is 0 Å². The Hall–Kier alpha value is -1.38. The zero-order valence-electron chi connectivity index (χ0n) is 12.5. The van der Waals surface area contributed by atoms with Gasteiger partial charge in [0.15, 0.2) is 0 Å². The van der Waals surface area contributed by atoms with Crippen molar-refractivity contribution >= 4 is 11.6 Å². The number of aryl methyl sites for hydroxylation is 1. The quantitative estimate of drug-likeness (QED) is 0.780. The van der Waals surface area contributed by atoms with Crippen molar-refractivity contribution < 1.29 is 4.39 Å². The average molecular weight is 306 g/mol. The van der Waals surface area contributed by atoms with Gasteiger partial charge in [-0.1, -0.05) is 68.3 Å². The van der Waals surface area contributed by atoms with Crippen molar-refractivity contribution in [2.45, 2.75) is 32.7 Å². The first kappa shape index (κ1) is 16.0. The van der Waals surface area contributed by atoms with Gasteiger partial charge in [-0.3, -0.25) is 0 Å². The molecule has 21 heavy (non-hydrogen) atoms. The second-order valence-corrected chi connectivity index (χ2v) is 5.54. The van der Waals surface area contributed by atoms with Crippen LogP contribution in [-0.4, -0.2) is 6.54 Å². The molecular weight excluding hydrogens is 285 g/mol. The van der Waals surface area contributed by atoms with E-state index in [-0.39, 0.29) is 16.9 Å². The van der Waals surface area contributed by atoms with Crippen LogP contribution in [0, 0.1) is 5.82 Å². The fourth-order valence-corrected chi connectivity index (χ4v) is 2.75. The summed E-state index contributed by atoms with van der Waals surface area (Å²) in [5.41, 5.74) is 2.95. The summed E-state index contributed by atoms with van der Waals surface area (Å²) in [5, 5.41) is 3.52. The Kier molecular flexibility index (Phi) is 5.77. The zero-order chi connectivity index (χ0) is 15.2. The maximum Gasteiger partial charge on any atom is 0.146 e. The summed E-state index contributed by atoms with van der Waals surface area (Å²) in [6.45, 7) is 4.94. The first-order chi connectivity index (χ1) is 10.2. The molecule has 2 aromatic rings. The summed E-state index contributed by atoms with van der Waals surface area (Å²) in [6, 6.07) is 13.3. The van der Waals surface area contributed by atoms with Gasteiger partial charge >= 0.3 is 0 Å². The smallest absolute Gasteiger partial charge is 0.146 e. The normalized spacial score (nSPS) is 12.4. The molecule has 0 spiro atoms. The largest absolute Gasteiger partial charge is 0.306 e. The molecule has 112 valence electrons. The molecule has 0 fully saturated rings. The van der Waals surface area contributed by atoms with Crippen LogP contribution in [0.1, 0.15) is 43.0 Å². The van der Waals surface area contributed by atoms with Gasteiger partial charge in [-0.05, 0) is 30.2 Å². The van der Waals surface area contributed by atoms with Crippen LogP contribution < -0.4 is 5.32 Å². The average Bonchev–Trinajstić information content (AvgIpc) is 2.49. The number of hydrogen-bond donors (Lipinski definition) is 1. The Labute approximate surface area is 131 Å². The molecule has 0 aliphatic rings. The van der Waals surface area contributed by atoms with Crippen molar-refractivity contribution in [3.63, 3.8) is 0 Å². The van der Waals surface area contributed by atoms with Gasteiger partial charge < -0.3 is 5.32 Å². The highest BCUT2D eigenvalue weighted by Gasteiger charge is 2.18. The third kappa shape index (κ3) is 3.84. The van der Waals surface area contributed by atoms with E-state index in [0.29, 0.717) is 5.56 Å². The van der Waals surface area contributed by atoms with Crippen LogP contribution in [0.5, 0.6) is 0 Å². The summed E-state index contributed by atoms with van der Waals surface area (Å²) >= 11 is 5.92. The van der Waals surface area contributed by atoms with Gasteiger partial charge in [0.1, 0.15) is 5.82 Å². The van der Waals surface area contributed by atoms with E-state index in [2.05, 4.69) is 24.4 Å². The fourth-order valence-electron chi connectivity index (χ4n) is 2.57. The van der Waals surface area contributed by atoms with Crippen molar-refractivity contribution in [3.05, 3.63) is 70.0 Å². The minimum Gasteiger partial charge on any atom is -0.306 e. The lowest BCUT2D eigenvalue weighted by atomic mass is 9.95. The first-order valence-electron chi connectivity index (χ1n) is 7.43. The topological polar surface area (TPSA) is 12.0 Å². The molecule has 1 atom stereocenters. The third-order valence-electron chi connectivity index (χ3n) is 3.52. The Morgan fingerprint density at radius 1 is 1.14 bits per heavy atom. The van der Waals surface area contributed by atoms with Gasteiger partial charge in [0, 0.05) is 5.56 Å². The lowest BCUT2D eigenvalue weighted by Crippen LogP contribution is -2.23. The molecule has 0 saturated carbocycles. The number of nitrogens with one attached hydrogen (secondary N) is 1. The summed E-state index contributed by atoms with van der Waals surface area (Å²) in [7, 11) is 0. The number of hydrogen-bond acceptors (Lipinski definition) is 1. The van der Waals surface area contributed by atoms with Crippen LogP contribution in [-0.2, 0) is 6.42 Å². The van der Waals surface area contributed by atoms with E-state index in [1.165, 1.54) is 5.56 Å². The maximum absolute atomic E-state index is 14.3. The van der Waals surface area contributed by atoms with E-state index in [9.17, 15) is 4.39 Å². The van der Waals surface area contributed by atoms with Gasteiger partial charge in [-0.15, -0.1) is 0 Å². The van der Waals surface area contributed by atoms with Crippen LogP contribution in [0.3, 0.4) is 0 Å². The standard InChI is InChI=1S/C18H21ClFN/c1-3-7-13-8-5-9-14(12-13)18(21-4-2)15-10-6-11-16(19)17(15)20/h5-6,8-12,18,21H,3-4,7H2,1-2H3. The SMILES string of the molecule is CCCc1cccc(C(NCC)c2cccc(Cl)c2F)c1. The lowest BCUT2D eigenvalue weighted by Gasteiger charge is -2.20. The summed E-state index contributed by atoms with van der Waals surface area (Å²) in [6.07, 6.45) is 2.13. The molecule has 1 nitrogen and oxygen atoms in total. The molecule has 0 saturated heterocycles. The Bertz CT molecular complexity index is 598. The van der Waals surface area contributed by atoms with Crippen molar-refractivity contribution in [1.82, 2.24) is 5.32 Å². The summed E-state index contributed by atoms with van der Waals surface area (Å²) < 4.78 is 14.3. The van der Waals surface area contributed by atoms with Crippen molar-refractivity contribution in [3.8, 4) is 0 Å². The van der Waals surface area contributed by atoms with E-state index in [4.69, 9.17) is 11.6 Å². The van der Waals surface area contributed by atoms with Crippen LogP contribution in [0.2, 0.25) is 5.02 Å². The molecule has 0 amide bonds. The molecule has 1 unspecified atom stereocenters. The van der Waals surface area contributed by atoms with E-state index >= 15 is 0 Å². The Morgan fingerprint density at radius 2 is 1.90 bits per heavy atom. The van der Waals surface area contributed by atoms with Crippen molar-refractivity contribution in [2.75, 3.05) is 6.54 Å². The molecule has 0 heterocycles. The van der Waals surface area contributed by atoms with E-state index in [1.54, 1.807) is 18.2 Å². The monoisotopic (exact) mass is 305 g/mol. The lowest BCUT2D eigenvalue weighted by molar-refractivity contribution is 0.559. The Balaban J connectivity index is 2.43. The second-order valence-electron chi connectivity index (χ2n) is 5.13. The number of benzene rings is 2. The van der Waals surface area contributed by atoms with E-state index in [1.807, 2.05) is 19.1 Å². The molecule has 3 heteroatoms. The molecule has 0 bridgehead atoms.